The van der Waals surface area contributed by atoms with Gasteiger partial charge in [0, 0.05) is 11.6 Å². The predicted octanol–water partition coefficient (Wildman–Crippen LogP) is 3.78. The third-order valence-corrected chi connectivity index (χ3v) is 4.94. The molecule has 2 rings (SSSR count). The highest BCUT2D eigenvalue weighted by atomic mass is 15.2. The van der Waals surface area contributed by atoms with E-state index in [0.29, 0.717) is 6.04 Å². The number of hydrogen-bond acceptors (Lipinski definition) is 2. The number of hydrogen-bond donors (Lipinski definition) is 1. The fourth-order valence-corrected chi connectivity index (χ4v) is 3.48. The molecule has 1 aliphatic heterocycles. The van der Waals surface area contributed by atoms with Gasteiger partial charge in [-0.25, -0.2) is 0 Å². The lowest BCUT2D eigenvalue weighted by Crippen LogP contribution is -2.58. The molecule has 0 saturated carbocycles. The fourth-order valence-electron chi connectivity index (χ4n) is 3.48. The van der Waals surface area contributed by atoms with Crippen LogP contribution in [0.4, 0.5) is 0 Å². The van der Waals surface area contributed by atoms with Gasteiger partial charge in [0.25, 0.3) is 0 Å². The molecule has 0 amide bonds. The summed E-state index contributed by atoms with van der Waals surface area (Å²) in [6.45, 7) is 12.9. The Hall–Kier alpha value is -0.860. The van der Waals surface area contributed by atoms with E-state index in [0.717, 1.165) is 13.0 Å². The standard InChI is InChI=1S/C19H32N2/c1-5-11-20-18(15-17-10-8-9-16(2)14-17)19(3,4)21-12-6-7-13-21/h8-10,14,18,20H,5-7,11-13,15H2,1-4H3. The van der Waals surface area contributed by atoms with Crippen LogP contribution in [-0.2, 0) is 6.42 Å². The summed E-state index contributed by atoms with van der Waals surface area (Å²) in [6, 6.07) is 9.49. The van der Waals surface area contributed by atoms with E-state index in [1.54, 1.807) is 0 Å². The van der Waals surface area contributed by atoms with E-state index < -0.39 is 0 Å². The van der Waals surface area contributed by atoms with Crippen LogP contribution in [0.2, 0.25) is 0 Å². The van der Waals surface area contributed by atoms with Crippen LogP contribution >= 0.6 is 0 Å². The summed E-state index contributed by atoms with van der Waals surface area (Å²) in [4.78, 5) is 2.68. The molecule has 1 aliphatic rings. The van der Waals surface area contributed by atoms with Gasteiger partial charge in [-0.15, -0.1) is 0 Å². The van der Waals surface area contributed by atoms with Crippen LogP contribution in [-0.4, -0.2) is 36.1 Å². The van der Waals surface area contributed by atoms with Gasteiger partial charge in [0.05, 0.1) is 0 Å². The van der Waals surface area contributed by atoms with Gasteiger partial charge in [-0.1, -0.05) is 36.8 Å². The summed E-state index contributed by atoms with van der Waals surface area (Å²) in [5.74, 6) is 0. The van der Waals surface area contributed by atoms with Gasteiger partial charge < -0.3 is 5.32 Å². The van der Waals surface area contributed by atoms with Crippen molar-refractivity contribution in [3.63, 3.8) is 0 Å². The number of nitrogens with zero attached hydrogens (tertiary/aromatic N) is 1. The molecule has 0 spiro atoms. The van der Waals surface area contributed by atoms with Gasteiger partial charge in [-0.2, -0.15) is 0 Å². The lowest BCUT2D eigenvalue weighted by molar-refractivity contribution is 0.106. The van der Waals surface area contributed by atoms with Gasteiger partial charge in [0.15, 0.2) is 0 Å². The largest absolute Gasteiger partial charge is 0.312 e. The van der Waals surface area contributed by atoms with Gasteiger partial charge in [-0.05, 0) is 71.7 Å². The molecule has 0 bridgehead atoms. The average molecular weight is 288 g/mol. The molecule has 1 aromatic rings. The number of rotatable bonds is 7. The molecule has 21 heavy (non-hydrogen) atoms. The third-order valence-electron chi connectivity index (χ3n) is 4.94. The normalized spacial score (nSPS) is 18.1. The fraction of sp³-hybridized carbons (Fsp3) is 0.684. The maximum Gasteiger partial charge on any atom is 0.0309 e. The molecule has 1 fully saturated rings. The van der Waals surface area contributed by atoms with E-state index in [9.17, 15) is 0 Å². The summed E-state index contributed by atoms with van der Waals surface area (Å²) in [5.41, 5.74) is 3.03. The minimum absolute atomic E-state index is 0.218. The molecule has 1 heterocycles. The first-order chi connectivity index (χ1) is 10.0. The lowest BCUT2D eigenvalue weighted by atomic mass is 9.87. The molecule has 118 valence electrons. The topological polar surface area (TPSA) is 15.3 Å². The zero-order valence-corrected chi connectivity index (χ0v) is 14.3. The van der Waals surface area contributed by atoms with Crippen LogP contribution in [0.5, 0.6) is 0 Å². The van der Waals surface area contributed by atoms with Crippen molar-refractivity contribution in [2.24, 2.45) is 0 Å². The van der Waals surface area contributed by atoms with Crippen LogP contribution in [0, 0.1) is 6.92 Å². The molecular formula is C19H32N2. The van der Waals surface area contributed by atoms with Crippen molar-refractivity contribution in [3.8, 4) is 0 Å². The van der Waals surface area contributed by atoms with Crippen LogP contribution < -0.4 is 5.32 Å². The van der Waals surface area contributed by atoms with E-state index in [4.69, 9.17) is 0 Å². The summed E-state index contributed by atoms with van der Waals surface area (Å²) >= 11 is 0. The van der Waals surface area contributed by atoms with Crippen molar-refractivity contribution >= 4 is 0 Å². The Morgan fingerprint density at radius 1 is 1.24 bits per heavy atom. The maximum absolute atomic E-state index is 3.81. The Morgan fingerprint density at radius 3 is 2.57 bits per heavy atom. The zero-order valence-electron chi connectivity index (χ0n) is 14.3. The van der Waals surface area contributed by atoms with Crippen molar-refractivity contribution < 1.29 is 0 Å². The van der Waals surface area contributed by atoms with Crippen molar-refractivity contribution in [2.75, 3.05) is 19.6 Å². The van der Waals surface area contributed by atoms with Crippen LogP contribution in [0.1, 0.15) is 51.2 Å². The van der Waals surface area contributed by atoms with Crippen LogP contribution in [0.25, 0.3) is 0 Å². The lowest BCUT2D eigenvalue weighted by Gasteiger charge is -2.43. The highest BCUT2D eigenvalue weighted by molar-refractivity contribution is 5.23. The van der Waals surface area contributed by atoms with Crippen molar-refractivity contribution in [1.29, 1.82) is 0 Å². The first-order valence-electron chi connectivity index (χ1n) is 8.58. The molecule has 2 heteroatoms. The quantitative estimate of drug-likeness (QED) is 0.821. The number of aryl methyl sites for hydroxylation is 1. The second kappa shape index (κ2) is 7.42. The third kappa shape index (κ3) is 4.31. The molecule has 0 radical (unpaired) electrons. The maximum atomic E-state index is 3.81. The molecule has 0 aliphatic carbocycles. The monoisotopic (exact) mass is 288 g/mol. The average Bonchev–Trinajstić information content (AvgIpc) is 2.98. The molecule has 1 atom stereocenters. The van der Waals surface area contributed by atoms with Crippen molar-refractivity contribution in [1.82, 2.24) is 10.2 Å². The Morgan fingerprint density at radius 2 is 1.95 bits per heavy atom. The van der Waals surface area contributed by atoms with E-state index in [-0.39, 0.29) is 5.54 Å². The van der Waals surface area contributed by atoms with Crippen LogP contribution in [0.15, 0.2) is 24.3 Å². The second-order valence-electron chi connectivity index (χ2n) is 7.05. The van der Waals surface area contributed by atoms with Crippen LogP contribution in [0.3, 0.4) is 0 Å². The van der Waals surface area contributed by atoms with Crippen molar-refractivity contribution in [2.45, 2.75) is 65.0 Å². The van der Waals surface area contributed by atoms with Gasteiger partial charge in [0.1, 0.15) is 0 Å². The molecule has 1 unspecified atom stereocenters. The van der Waals surface area contributed by atoms with Gasteiger partial charge in [0.2, 0.25) is 0 Å². The molecule has 2 nitrogen and oxygen atoms in total. The predicted molar refractivity (Wildman–Crippen MR) is 91.9 cm³/mol. The second-order valence-corrected chi connectivity index (χ2v) is 7.05. The molecule has 1 saturated heterocycles. The molecular weight excluding hydrogens is 256 g/mol. The Bertz CT molecular complexity index is 433. The van der Waals surface area contributed by atoms with Gasteiger partial charge >= 0.3 is 0 Å². The first-order valence-corrected chi connectivity index (χ1v) is 8.58. The Balaban J connectivity index is 2.12. The first kappa shape index (κ1) is 16.5. The van der Waals surface area contributed by atoms with E-state index in [1.807, 2.05) is 0 Å². The summed E-state index contributed by atoms with van der Waals surface area (Å²) in [7, 11) is 0. The van der Waals surface area contributed by atoms with Gasteiger partial charge in [-0.3, -0.25) is 4.90 Å². The summed E-state index contributed by atoms with van der Waals surface area (Å²) in [6.07, 6.45) is 5.02. The Labute approximate surface area is 130 Å². The highest BCUT2D eigenvalue weighted by Gasteiger charge is 2.36. The minimum Gasteiger partial charge on any atom is -0.312 e. The molecule has 1 N–H and O–H groups in total. The minimum atomic E-state index is 0.218. The number of benzene rings is 1. The number of nitrogens with one attached hydrogen (secondary N) is 1. The van der Waals surface area contributed by atoms with Crippen molar-refractivity contribution in [3.05, 3.63) is 35.4 Å². The SMILES string of the molecule is CCCNC(Cc1cccc(C)c1)C(C)(C)N1CCCC1. The van der Waals surface area contributed by atoms with E-state index >= 15 is 0 Å². The van der Waals surface area contributed by atoms with E-state index in [1.165, 1.54) is 43.5 Å². The summed E-state index contributed by atoms with van der Waals surface area (Å²) < 4.78 is 0. The summed E-state index contributed by atoms with van der Waals surface area (Å²) in [5, 5.41) is 3.81. The van der Waals surface area contributed by atoms with E-state index in [2.05, 4.69) is 62.2 Å². The molecule has 0 aromatic heterocycles. The smallest absolute Gasteiger partial charge is 0.0309 e. The molecule has 1 aromatic carbocycles. The Kier molecular flexibility index (Phi) is 5.83. The highest BCUT2D eigenvalue weighted by Crippen LogP contribution is 2.26. The number of likely N-dealkylation sites (tertiary alicyclic amines) is 1. The zero-order chi connectivity index (χ0) is 15.3.